The lowest BCUT2D eigenvalue weighted by atomic mass is 10.0. The Morgan fingerprint density at radius 2 is 1.52 bits per heavy atom. The van der Waals surface area contributed by atoms with Gasteiger partial charge < -0.3 is 20.4 Å². The van der Waals surface area contributed by atoms with Crippen molar-refractivity contribution in [3.05, 3.63) is 84.3 Å². The van der Waals surface area contributed by atoms with Gasteiger partial charge in [-0.05, 0) is 35.9 Å². The summed E-state index contributed by atoms with van der Waals surface area (Å²) in [5.41, 5.74) is 1.99. The molecular formula is C24H25N3O4. The van der Waals surface area contributed by atoms with E-state index in [0.717, 1.165) is 5.56 Å². The molecule has 31 heavy (non-hydrogen) atoms. The Hall–Kier alpha value is -3.87. The zero-order chi connectivity index (χ0) is 22.2. The van der Waals surface area contributed by atoms with E-state index in [4.69, 9.17) is 4.42 Å². The van der Waals surface area contributed by atoms with Gasteiger partial charge in [-0.25, -0.2) is 0 Å². The highest BCUT2D eigenvalue weighted by atomic mass is 16.3. The van der Waals surface area contributed by atoms with E-state index in [2.05, 4.69) is 16.0 Å². The van der Waals surface area contributed by atoms with Crippen molar-refractivity contribution < 1.29 is 18.8 Å². The first-order valence-corrected chi connectivity index (χ1v) is 10.0. The van der Waals surface area contributed by atoms with E-state index >= 15 is 0 Å². The molecule has 0 saturated heterocycles. The van der Waals surface area contributed by atoms with Crippen LogP contribution in [0, 0.1) is 5.92 Å². The standard InChI is InChI=1S/C24H25N3O4/c1-16(2)22(28)25-18-10-6-11-19(15-18)26-23(29)20(14-17-8-4-3-5-9-17)27-24(30)21-12-7-13-31-21/h3-13,15-16,20H,14H2,1-2H3,(H,25,28)(H,26,29)(H,27,30). The number of furan rings is 1. The molecule has 0 radical (unpaired) electrons. The normalized spacial score (nSPS) is 11.6. The third-order valence-corrected chi connectivity index (χ3v) is 4.57. The highest BCUT2D eigenvalue weighted by Crippen LogP contribution is 2.17. The lowest BCUT2D eigenvalue weighted by Crippen LogP contribution is -2.45. The largest absolute Gasteiger partial charge is 0.459 e. The van der Waals surface area contributed by atoms with Gasteiger partial charge in [-0.2, -0.15) is 0 Å². The number of anilines is 2. The minimum absolute atomic E-state index is 0.115. The molecule has 7 heteroatoms. The third kappa shape index (κ3) is 6.30. The second-order valence-electron chi connectivity index (χ2n) is 7.41. The number of hydrogen-bond donors (Lipinski definition) is 3. The van der Waals surface area contributed by atoms with Gasteiger partial charge in [-0.3, -0.25) is 14.4 Å². The van der Waals surface area contributed by atoms with Gasteiger partial charge in [0.25, 0.3) is 5.91 Å². The molecule has 0 saturated carbocycles. The molecule has 3 amide bonds. The summed E-state index contributed by atoms with van der Waals surface area (Å²) in [6, 6.07) is 18.6. The molecule has 2 aromatic carbocycles. The molecule has 3 rings (SSSR count). The van der Waals surface area contributed by atoms with Crippen molar-refractivity contribution in [3.8, 4) is 0 Å². The molecule has 1 unspecified atom stereocenters. The maximum absolute atomic E-state index is 13.0. The maximum atomic E-state index is 13.0. The van der Waals surface area contributed by atoms with Crippen LogP contribution in [0.3, 0.4) is 0 Å². The molecule has 0 fully saturated rings. The van der Waals surface area contributed by atoms with Gasteiger partial charge in [-0.1, -0.05) is 50.2 Å². The van der Waals surface area contributed by atoms with Gasteiger partial charge in [-0.15, -0.1) is 0 Å². The first-order valence-electron chi connectivity index (χ1n) is 10.0. The molecule has 160 valence electrons. The molecule has 3 aromatic rings. The fourth-order valence-corrected chi connectivity index (χ4v) is 2.89. The predicted octanol–water partition coefficient (Wildman–Crippen LogP) is 3.85. The summed E-state index contributed by atoms with van der Waals surface area (Å²) in [5.74, 6) is -0.999. The number of rotatable bonds is 8. The van der Waals surface area contributed by atoms with Gasteiger partial charge in [0, 0.05) is 23.7 Å². The fraction of sp³-hybridized carbons (Fsp3) is 0.208. The highest BCUT2D eigenvalue weighted by molar-refractivity contribution is 6.01. The molecule has 1 atom stereocenters. The van der Waals surface area contributed by atoms with Gasteiger partial charge >= 0.3 is 0 Å². The van der Waals surface area contributed by atoms with Crippen molar-refractivity contribution in [1.29, 1.82) is 0 Å². The SMILES string of the molecule is CC(C)C(=O)Nc1cccc(NC(=O)C(Cc2ccccc2)NC(=O)c2ccco2)c1. The Kier molecular flexibility index (Phi) is 7.22. The smallest absolute Gasteiger partial charge is 0.287 e. The summed E-state index contributed by atoms with van der Waals surface area (Å²) in [6.45, 7) is 3.60. The highest BCUT2D eigenvalue weighted by Gasteiger charge is 2.23. The van der Waals surface area contributed by atoms with Crippen molar-refractivity contribution in [3.63, 3.8) is 0 Å². The molecule has 0 spiro atoms. The van der Waals surface area contributed by atoms with Crippen LogP contribution >= 0.6 is 0 Å². The van der Waals surface area contributed by atoms with E-state index < -0.39 is 11.9 Å². The van der Waals surface area contributed by atoms with Crippen LogP contribution in [0.2, 0.25) is 0 Å². The average molecular weight is 419 g/mol. The number of carbonyl (C=O) groups excluding carboxylic acids is 3. The van der Waals surface area contributed by atoms with E-state index in [9.17, 15) is 14.4 Å². The van der Waals surface area contributed by atoms with Crippen LogP contribution < -0.4 is 16.0 Å². The van der Waals surface area contributed by atoms with Crippen LogP contribution in [0.25, 0.3) is 0 Å². The summed E-state index contributed by atoms with van der Waals surface area (Å²) in [4.78, 5) is 37.4. The van der Waals surface area contributed by atoms with Crippen LogP contribution in [0.15, 0.2) is 77.4 Å². The van der Waals surface area contributed by atoms with Crippen LogP contribution in [0.4, 0.5) is 11.4 Å². The average Bonchev–Trinajstić information content (AvgIpc) is 3.29. The first-order chi connectivity index (χ1) is 14.9. The van der Waals surface area contributed by atoms with E-state index in [1.54, 1.807) is 44.2 Å². The Morgan fingerprint density at radius 1 is 0.839 bits per heavy atom. The van der Waals surface area contributed by atoms with Crippen LogP contribution in [-0.4, -0.2) is 23.8 Å². The predicted molar refractivity (Wildman–Crippen MR) is 119 cm³/mol. The summed E-state index contributed by atoms with van der Waals surface area (Å²) >= 11 is 0. The molecule has 1 heterocycles. The summed E-state index contributed by atoms with van der Waals surface area (Å²) in [7, 11) is 0. The molecule has 0 aliphatic heterocycles. The van der Waals surface area contributed by atoms with Gasteiger partial charge in [0.1, 0.15) is 6.04 Å². The maximum Gasteiger partial charge on any atom is 0.287 e. The fourth-order valence-electron chi connectivity index (χ4n) is 2.89. The second-order valence-corrected chi connectivity index (χ2v) is 7.41. The Labute approximate surface area is 180 Å². The summed E-state index contributed by atoms with van der Waals surface area (Å²) < 4.78 is 5.13. The van der Waals surface area contributed by atoms with E-state index in [-0.39, 0.29) is 23.5 Å². The van der Waals surface area contributed by atoms with Crippen LogP contribution in [0.5, 0.6) is 0 Å². The van der Waals surface area contributed by atoms with Crippen molar-refractivity contribution in [2.45, 2.75) is 26.3 Å². The third-order valence-electron chi connectivity index (χ3n) is 4.57. The zero-order valence-corrected chi connectivity index (χ0v) is 17.4. The molecule has 1 aromatic heterocycles. The molecule has 7 nitrogen and oxygen atoms in total. The molecular weight excluding hydrogens is 394 g/mol. The van der Waals surface area contributed by atoms with Crippen molar-refractivity contribution in [2.24, 2.45) is 5.92 Å². The van der Waals surface area contributed by atoms with Gasteiger partial charge in [0.2, 0.25) is 11.8 Å². The lowest BCUT2D eigenvalue weighted by molar-refractivity contribution is -0.119. The number of hydrogen-bond acceptors (Lipinski definition) is 4. The van der Waals surface area contributed by atoms with Crippen molar-refractivity contribution >= 4 is 29.1 Å². The number of carbonyl (C=O) groups is 3. The minimum atomic E-state index is -0.825. The van der Waals surface area contributed by atoms with E-state index in [0.29, 0.717) is 17.8 Å². The van der Waals surface area contributed by atoms with Crippen molar-refractivity contribution in [1.82, 2.24) is 5.32 Å². The minimum Gasteiger partial charge on any atom is -0.459 e. The Morgan fingerprint density at radius 3 is 2.13 bits per heavy atom. The monoisotopic (exact) mass is 419 g/mol. The lowest BCUT2D eigenvalue weighted by Gasteiger charge is -2.18. The van der Waals surface area contributed by atoms with E-state index in [1.165, 1.54) is 12.3 Å². The van der Waals surface area contributed by atoms with Crippen LogP contribution in [-0.2, 0) is 16.0 Å². The molecule has 0 aliphatic carbocycles. The second kappa shape index (κ2) is 10.2. The van der Waals surface area contributed by atoms with Crippen LogP contribution in [0.1, 0.15) is 30.0 Å². The van der Waals surface area contributed by atoms with Gasteiger partial charge in [0.05, 0.1) is 6.26 Å². The Balaban J connectivity index is 1.74. The molecule has 3 N–H and O–H groups in total. The first kappa shape index (κ1) is 21.8. The number of benzene rings is 2. The molecule has 0 aliphatic rings. The van der Waals surface area contributed by atoms with E-state index in [1.807, 2.05) is 30.3 Å². The summed E-state index contributed by atoms with van der Waals surface area (Å²) in [5, 5.41) is 8.36. The summed E-state index contributed by atoms with van der Waals surface area (Å²) in [6.07, 6.45) is 1.71. The van der Waals surface area contributed by atoms with Crippen molar-refractivity contribution in [2.75, 3.05) is 10.6 Å². The molecule has 0 bridgehead atoms. The zero-order valence-electron chi connectivity index (χ0n) is 17.4. The number of amides is 3. The topological polar surface area (TPSA) is 100 Å². The number of nitrogens with one attached hydrogen (secondary N) is 3. The van der Waals surface area contributed by atoms with Gasteiger partial charge in [0.15, 0.2) is 5.76 Å². The Bertz CT molecular complexity index is 1030. The quantitative estimate of drug-likeness (QED) is 0.516.